The SMILES string of the molecule is CN(CC(=O)Nc1ccc(Cl)cc1F)[C@@H]1CCCc2ccccc21. The molecule has 0 saturated heterocycles. The summed E-state index contributed by atoms with van der Waals surface area (Å²) in [4.78, 5) is 14.3. The quantitative estimate of drug-likeness (QED) is 0.888. The highest BCUT2D eigenvalue weighted by atomic mass is 35.5. The van der Waals surface area contributed by atoms with Gasteiger partial charge in [-0.1, -0.05) is 35.9 Å². The summed E-state index contributed by atoms with van der Waals surface area (Å²) >= 11 is 5.73. The van der Waals surface area contributed by atoms with E-state index in [1.54, 1.807) is 6.07 Å². The average Bonchev–Trinajstić information content (AvgIpc) is 2.57. The van der Waals surface area contributed by atoms with Crippen LogP contribution < -0.4 is 5.32 Å². The zero-order valence-corrected chi connectivity index (χ0v) is 14.3. The second-order valence-corrected chi connectivity index (χ2v) is 6.63. The predicted molar refractivity (Wildman–Crippen MR) is 94.8 cm³/mol. The van der Waals surface area contributed by atoms with Crippen LogP contribution in [0.4, 0.5) is 10.1 Å². The van der Waals surface area contributed by atoms with Crippen LogP contribution in [0, 0.1) is 5.82 Å². The van der Waals surface area contributed by atoms with Crippen LogP contribution >= 0.6 is 11.6 Å². The third-order valence-corrected chi connectivity index (χ3v) is 4.70. The first-order chi connectivity index (χ1) is 11.5. The van der Waals surface area contributed by atoms with Gasteiger partial charge in [0.05, 0.1) is 12.2 Å². The van der Waals surface area contributed by atoms with Gasteiger partial charge in [-0.15, -0.1) is 0 Å². The minimum Gasteiger partial charge on any atom is -0.322 e. The number of nitrogens with zero attached hydrogens (tertiary/aromatic N) is 1. The molecular formula is C19H20ClFN2O. The van der Waals surface area contributed by atoms with Gasteiger partial charge in [0.1, 0.15) is 5.82 Å². The van der Waals surface area contributed by atoms with Crippen LogP contribution in [0.25, 0.3) is 0 Å². The number of carbonyl (C=O) groups excluding carboxylic acids is 1. The Morgan fingerprint density at radius 3 is 2.92 bits per heavy atom. The molecule has 24 heavy (non-hydrogen) atoms. The van der Waals surface area contributed by atoms with Gasteiger partial charge in [-0.2, -0.15) is 0 Å². The second kappa shape index (κ2) is 7.32. The third kappa shape index (κ3) is 3.77. The zero-order valence-electron chi connectivity index (χ0n) is 13.6. The van der Waals surface area contributed by atoms with Crippen molar-refractivity contribution in [3.63, 3.8) is 0 Å². The number of hydrogen-bond acceptors (Lipinski definition) is 2. The summed E-state index contributed by atoms with van der Waals surface area (Å²) in [6, 6.07) is 12.8. The topological polar surface area (TPSA) is 32.3 Å². The summed E-state index contributed by atoms with van der Waals surface area (Å²) in [5.41, 5.74) is 2.79. The number of amides is 1. The van der Waals surface area contributed by atoms with Crippen LogP contribution in [0.2, 0.25) is 5.02 Å². The Morgan fingerprint density at radius 2 is 2.12 bits per heavy atom. The lowest BCUT2D eigenvalue weighted by Gasteiger charge is -2.32. The summed E-state index contributed by atoms with van der Waals surface area (Å²) < 4.78 is 13.8. The monoisotopic (exact) mass is 346 g/mol. The standard InChI is InChI=1S/C19H20ClFN2O/c1-23(18-8-4-6-13-5-2-3-7-15(13)18)12-19(24)22-17-10-9-14(20)11-16(17)21/h2-3,5,7,9-11,18H,4,6,8,12H2,1H3,(H,22,24)/t18-/m1/s1. The number of likely N-dealkylation sites (N-methyl/N-ethyl adjacent to an activating group) is 1. The van der Waals surface area contributed by atoms with E-state index in [2.05, 4.69) is 23.5 Å². The van der Waals surface area contributed by atoms with E-state index in [0.717, 1.165) is 19.3 Å². The number of nitrogens with one attached hydrogen (secondary N) is 1. The van der Waals surface area contributed by atoms with Crippen LogP contribution in [0.3, 0.4) is 0 Å². The normalized spacial score (nSPS) is 16.8. The smallest absolute Gasteiger partial charge is 0.238 e. The van der Waals surface area contributed by atoms with E-state index in [9.17, 15) is 9.18 Å². The molecule has 0 unspecified atom stereocenters. The van der Waals surface area contributed by atoms with Crippen molar-refractivity contribution in [3.05, 3.63) is 64.4 Å². The Labute approximate surface area is 146 Å². The molecule has 0 fully saturated rings. The van der Waals surface area contributed by atoms with E-state index in [1.165, 1.54) is 23.3 Å². The highest BCUT2D eigenvalue weighted by Gasteiger charge is 2.24. The zero-order chi connectivity index (χ0) is 17.1. The van der Waals surface area contributed by atoms with Gasteiger partial charge < -0.3 is 5.32 Å². The van der Waals surface area contributed by atoms with Gasteiger partial charge in [0, 0.05) is 11.1 Å². The molecule has 5 heteroatoms. The van der Waals surface area contributed by atoms with Crippen LogP contribution in [0.1, 0.15) is 30.0 Å². The molecule has 1 aliphatic carbocycles. The number of benzene rings is 2. The molecule has 2 aromatic carbocycles. The maximum atomic E-state index is 13.8. The molecule has 3 rings (SSSR count). The average molecular weight is 347 g/mol. The minimum atomic E-state index is -0.526. The fourth-order valence-electron chi connectivity index (χ4n) is 3.30. The van der Waals surface area contributed by atoms with Crippen molar-refractivity contribution < 1.29 is 9.18 Å². The molecule has 1 N–H and O–H groups in total. The Hall–Kier alpha value is -1.91. The van der Waals surface area contributed by atoms with E-state index in [-0.39, 0.29) is 24.2 Å². The molecule has 1 amide bonds. The van der Waals surface area contributed by atoms with Gasteiger partial charge in [0.15, 0.2) is 0 Å². The number of halogens is 2. The lowest BCUT2D eigenvalue weighted by molar-refractivity contribution is -0.117. The Morgan fingerprint density at radius 1 is 1.33 bits per heavy atom. The van der Waals surface area contributed by atoms with Crippen LogP contribution in [-0.2, 0) is 11.2 Å². The fraction of sp³-hybridized carbons (Fsp3) is 0.316. The lowest BCUT2D eigenvalue weighted by atomic mass is 9.87. The van der Waals surface area contributed by atoms with Gasteiger partial charge in [-0.25, -0.2) is 4.39 Å². The van der Waals surface area contributed by atoms with E-state index >= 15 is 0 Å². The third-order valence-electron chi connectivity index (χ3n) is 4.47. The van der Waals surface area contributed by atoms with Gasteiger partial charge in [0.25, 0.3) is 0 Å². The van der Waals surface area contributed by atoms with Crippen molar-refractivity contribution in [2.45, 2.75) is 25.3 Å². The van der Waals surface area contributed by atoms with Gasteiger partial charge >= 0.3 is 0 Å². The first-order valence-electron chi connectivity index (χ1n) is 8.07. The van der Waals surface area contributed by atoms with Gasteiger partial charge in [0.2, 0.25) is 5.91 Å². The number of aryl methyl sites for hydroxylation is 1. The molecule has 0 aliphatic heterocycles. The molecule has 0 heterocycles. The summed E-state index contributed by atoms with van der Waals surface area (Å²) in [6.45, 7) is 0.209. The molecule has 126 valence electrons. The van der Waals surface area contributed by atoms with Crippen LogP contribution in [0.5, 0.6) is 0 Å². The predicted octanol–water partition coefficient (Wildman–Crippen LogP) is 4.43. The van der Waals surface area contributed by atoms with Gasteiger partial charge in [-0.3, -0.25) is 9.69 Å². The number of hydrogen-bond donors (Lipinski definition) is 1. The minimum absolute atomic E-state index is 0.154. The Bertz CT molecular complexity index is 750. The molecule has 0 aromatic heterocycles. The lowest BCUT2D eigenvalue weighted by Crippen LogP contribution is -2.35. The van der Waals surface area contributed by atoms with Crippen molar-refractivity contribution in [2.24, 2.45) is 0 Å². The largest absolute Gasteiger partial charge is 0.322 e. The highest BCUT2D eigenvalue weighted by molar-refractivity contribution is 6.30. The van der Waals surface area contributed by atoms with E-state index in [4.69, 9.17) is 11.6 Å². The van der Waals surface area contributed by atoms with E-state index < -0.39 is 5.82 Å². The van der Waals surface area contributed by atoms with Crippen LogP contribution in [0.15, 0.2) is 42.5 Å². The second-order valence-electron chi connectivity index (χ2n) is 6.19. The molecule has 0 spiro atoms. The van der Waals surface area contributed by atoms with Crippen LogP contribution in [-0.4, -0.2) is 24.4 Å². The molecule has 1 aliphatic rings. The maximum Gasteiger partial charge on any atom is 0.238 e. The van der Waals surface area contributed by atoms with Crippen molar-refractivity contribution in [1.29, 1.82) is 0 Å². The summed E-state index contributed by atoms with van der Waals surface area (Å²) in [5.74, 6) is -0.761. The number of rotatable bonds is 4. The van der Waals surface area contributed by atoms with E-state index in [0.29, 0.717) is 5.02 Å². The van der Waals surface area contributed by atoms with Crippen molar-refractivity contribution >= 4 is 23.2 Å². The molecule has 0 radical (unpaired) electrons. The molecule has 0 saturated carbocycles. The number of anilines is 1. The summed E-state index contributed by atoms with van der Waals surface area (Å²) in [6.07, 6.45) is 3.22. The summed E-state index contributed by atoms with van der Waals surface area (Å²) in [7, 11) is 1.94. The summed E-state index contributed by atoms with van der Waals surface area (Å²) in [5, 5.41) is 2.92. The molecule has 3 nitrogen and oxygen atoms in total. The number of fused-ring (bicyclic) bond motifs is 1. The van der Waals surface area contributed by atoms with Crippen molar-refractivity contribution in [1.82, 2.24) is 4.90 Å². The van der Waals surface area contributed by atoms with Crippen molar-refractivity contribution in [2.75, 3.05) is 18.9 Å². The highest BCUT2D eigenvalue weighted by Crippen LogP contribution is 2.33. The first kappa shape index (κ1) is 16.9. The van der Waals surface area contributed by atoms with Gasteiger partial charge in [-0.05, 0) is 55.6 Å². The molecule has 2 aromatic rings. The number of carbonyl (C=O) groups is 1. The molecule has 1 atom stereocenters. The first-order valence-corrected chi connectivity index (χ1v) is 8.45. The molecular weight excluding hydrogens is 327 g/mol. The van der Waals surface area contributed by atoms with E-state index in [1.807, 2.05) is 18.0 Å². The Balaban J connectivity index is 1.67. The Kier molecular flexibility index (Phi) is 5.17. The maximum absolute atomic E-state index is 13.8. The van der Waals surface area contributed by atoms with Crippen molar-refractivity contribution in [3.8, 4) is 0 Å². The molecule has 0 bridgehead atoms. The fourth-order valence-corrected chi connectivity index (χ4v) is 3.46.